The first kappa shape index (κ1) is 24.1. The molecule has 0 unspecified atom stereocenters. The van der Waals surface area contributed by atoms with E-state index in [1.54, 1.807) is 36.4 Å². The minimum Gasteiger partial charge on any atom is -0.495 e. The smallest absolute Gasteiger partial charge is 0.247 e. The van der Waals surface area contributed by atoms with Crippen LogP contribution in [0.2, 0.25) is 0 Å². The first-order valence-electron chi connectivity index (χ1n) is 10.9. The van der Waals surface area contributed by atoms with Crippen molar-refractivity contribution in [1.29, 1.82) is 0 Å². The maximum Gasteiger partial charge on any atom is 0.247 e. The molecule has 1 saturated heterocycles. The van der Waals surface area contributed by atoms with Gasteiger partial charge in [-0.15, -0.1) is 0 Å². The van der Waals surface area contributed by atoms with Crippen molar-refractivity contribution in [3.05, 3.63) is 89.5 Å². The lowest BCUT2D eigenvalue weighted by atomic mass is 10.2. The first-order valence-corrected chi connectivity index (χ1v) is 12.3. The summed E-state index contributed by atoms with van der Waals surface area (Å²) in [6, 6.07) is 16.4. The molecule has 9 heteroatoms. The Hall–Kier alpha value is -3.01. The topological polar surface area (TPSA) is 59.1 Å². The molecule has 0 saturated carbocycles. The number of hydrogen-bond acceptors (Lipinski definition) is 5. The van der Waals surface area contributed by atoms with Gasteiger partial charge in [0.05, 0.1) is 20.3 Å². The van der Waals surface area contributed by atoms with Gasteiger partial charge >= 0.3 is 0 Å². The zero-order valence-electron chi connectivity index (χ0n) is 18.8. The van der Waals surface area contributed by atoms with Crippen LogP contribution in [0.4, 0.5) is 14.5 Å². The van der Waals surface area contributed by atoms with Crippen molar-refractivity contribution >= 4 is 15.7 Å². The Morgan fingerprint density at radius 3 is 1.91 bits per heavy atom. The van der Waals surface area contributed by atoms with Crippen LogP contribution in [0.3, 0.4) is 0 Å². The van der Waals surface area contributed by atoms with Crippen LogP contribution in [0.5, 0.6) is 5.75 Å². The molecule has 180 valence electrons. The quantitative estimate of drug-likeness (QED) is 0.476. The Kier molecular flexibility index (Phi) is 7.45. The van der Waals surface area contributed by atoms with Crippen molar-refractivity contribution in [3.63, 3.8) is 0 Å². The molecule has 0 amide bonds. The molecule has 6 nitrogen and oxygen atoms in total. The summed E-state index contributed by atoms with van der Waals surface area (Å²) in [4.78, 5) is 2.09. The third-order valence-electron chi connectivity index (χ3n) is 5.69. The minimum atomic E-state index is -4.06. The predicted octanol–water partition coefficient (Wildman–Crippen LogP) is 4.20. The average molecular weight is 489 g/mol. The van der Waals surface area contributed by atoms with Gasteiger partial charge in [0.1, 0.15) is 22.3 Å². The molecule has 1 heterocycles. The maximum absolute atomic E-state index is 13.9. The molecular formula is C25H26F2N2O4S. The third-order valence-corrected chi connectivity index (χ3v) is 7.50. The molecule has 0 bridgehead atoms. The largest absolute Gasteiger partial charge is 0.495 e. The molecule has 1 aliphatic rings. The zero-order valence-corrected chi connectivity index (χ0v) is 19.6. The molecule has 0 aromatic heterocycles. The Bertz CT molecular complexity index is 1170. The van der Waals surface area contributed by atoms with Crippen molar-refractivity contribution in [2.45, 2.75) is 18.0 Å². The zero-order chi connectivity index (χ0) is 24.1. The van der Waals surface area contributed by atoms with E-state index in [0.717, 1.165) is 5.69 Å². The Morgan fingerprint density at radius 1 is 0.882 bits per heavy atom. The lowest BCUT2D eigenvalue weighted by Crippen LogP contribution is -2.36. The standard InChI is InChI=1S/C25H26F2N2O4S/c1-32-24-11-10-23(28-12-14-33-15-13-28)16-25(24)34(30,31)29(17-19-2-6-21(26)7-3-19)18-20-4-8-22(27)9-5-20/h2-11,16H,12-15,17-18H2,1H3. The number of rotatable bonds is 8. The molecule has 1 aliphatic heterocycles. The summed E-state index contributed by atoms with van der Waals surface area (Å²) < 4.78 is 66.8. The number of anilines is 1. The normalized spacial score (nSPS) is 14.4. The van der Waals surface area contributed by atoms with E-state index in [4.69, 9.17) is 9.47 Å². The van der Waals surface area contributed by atoms with E-state index in [1.807, 2.05) is 6.07 Å². The summed E-state index contributed by atoms with van der Waals surface area (Å²) in [5.41, 5.74) is 2.00. The summed E-state index contributed by atoms with van der Waals surface area (Å²) in [5, 5.41) is 0. The van der Waals surface area contributed by atoms with Gasteiger partial charge in [0.15, 0.2) is 0 Å². The van der Waals surface area contributed by atoms with E-state index in [9.17, 15) is 17.2 Å². The summed E-state index contributed by atoms with van der Waals surface area (Å²) in [7, 11) is -2.64. The third kappa shape index (κ3) is 5.55. The van der Waals surface area contributed by atoms with Crippen LogP contribution in [0.15, 0.2) is 71.6 Å². The van der Waals surface area contributed by atoms with E-state index in [1.165, 1.54) is 35.7 Å². The fourth-order valence-corrected chi connectivity index (χ4v) is 5.43. The molecule has 3 aromatic rings. The van der Waals surface area contributed by atoms with Crippen molar-refractivity contribution < 1.29 is 26.7 Å². The van der Waals surface area contributed by atoms with Crippen molar-refractivity contribution in [3.8, 4) is 5.75 Å². The number of morpholine rings is 1. The van der Waals surface area contributed by atoms with Gasteiger partial charge in [-0.05, 0) is 53.6 Å². The van der Waals surface area contributed by atoms with Crippen molar-refractivity contribution in [2.75, 3.05) is 38.3 Å². The summed E-state index contributed by atoms with van der Waals surface area (Å²) in [6.45, 7) is 2.45. The van der Waals surface area contributed by atoms with Gasteiger partial charge < -0.3 is 14.4 Å². The van der Waals surface area contributed by atoms with Gasteiger partial charge in [-0.25, -0.2) is 17.2 Å². The molecule has 0 radical (unpaired) electrons. The van der Waals surface area contributed by atoms with Crippen LogP contribution in [-0.2, 0) is 27.8 Å². The lowest BCUT2D eigenvalue weighted by Gasteiger charge is -2.30. The highest BCUT2D eigenvalue weighted by Crippen LogP contribution is 2.33. The lowest BCUT2D eigenvalue weighted by molar-refractivity contribution is 0.122. The number of halogens is 2. The second-order valence-electron chi connectivity index (χ2n) is 7.96. The fraction of sp³-hybridized carbons (Fsp3) is 0.280. The Morgan fingerprint density at radius 2 is 1.41 bits per heavy atom. The van der Waals surface area contributed by atoms with Gasteiger partial charge in [-0.3, -0.25) is 0 Å². The molecule has 0 N–H and O–H groups in total. The van der Waals surface area contributed by atoms with Crippen LogP contribution in [0.1, 0.15) is 11.1 Å². The first-order chi connectivity index (χ1) is 16.4. The second-order valence-corrected chi connectivity index (χ2v) is 9.87. The molecule has 4 rings (SSSR count). The Balaban J connectivity index is 1.73. The van der Waals surface area contributed by atoms with E-state index in [0.29, 0.717) is 37.4 Å². The number of hydrogen-bond donors (Lipinski definition) is 0. The molecular weight excluding hydrogens is 462 g/mol. The summed E-state index contributed by atoms with van der Waals surface area (Å²) in [6.07, 6.45) is 0. The number of sulfonamides is 1. The monoisotopic (exact) mass is 488 g/mol. The van der Waals surface area contributed by atoms with Crippen LogP contribution in [-0.4, -0.2) is 46.1 Å². The Labute approximate surface area is 198 Å². The van der Waals surface area contributed by atoms with Crippen LogP contribution in [0, 0.1) is 11.6 Å². The van der Waals surface area contributed by atoms with Gasteiger partial charge in [0.25, 0.3) is 0 Å². The van der Waals surface area contributed by atoms with E-state index in [-0.39, 0.29) is 23.7 Å². The number of ether oxygens (including phenoxy) is 2. The number of nitrogens with zero attached hydrogens (tertiary/aromatic N) is 2. The van der Waals surface area contributed by atoms with E-state index >= 15 is 0 Å². The highest BCUT2D eigenvalue weighted by molar-refractivity contribution is 7.89. The number of benzene rings is 3. The predicted molar refractivity (Wildman–Crippen MR) is 125 cm³/mol. The summed E-state index contributed by atoms with van der Waals surface area (Å²) >= 11 is 0. The van der Waals surface area contributed by atoms with Crippen molar-refractivity contribution in [1.82, 2.24) is 4.31 Å². The number of methoxy groups -OCH3 is 1. The SMILES string of the molecule is COc1ccc(N2CCOCC2)cc1S(=O)(=O)N(Cc1ccc(F)cc1)Cc1ccc(F)cc1. The summed E-state index contributed by atoms with van der Waals surface area (Å²) in [5.74, 6) is -0.589. The maximum atomic E-state index is 13.9. The average Bonchev–Trinajstić information content (AvgIpc) is 2.86. The molecule has 1 fully saturated rings. The van der Waals surface area contributed by atoms with Gasteiger partial charge in [-0.1, -0.05) is 24.3 Å². The van der Waals surface area contributed by atoms with Crippen LogP contribution >= 0.6 is 0 Å². The van der Waals surface area contributed by atoms with Crippen molar-refractivity contribution in [2.24, 2.45) is 0 Å². The minimum absolute atomic E-state index is 0.00489. The van der Waals surface area contributed by atoms with E-state index in [2.05, 4.69) is 4.90 Å². The van der Waals surface area contributed by atoms with Gasteiger partial charge in [0.2, 0.25) is 10.0 Å². The van der Waals surface area contributed by atoms with Gasteiger partial charge in [0, 0.05) is 31.9 Å². The molecule has 0 aliphatic carbocycles. The molecule has 0 atom stereocenters. The highest BCUT2D eigenvalue weighted by Gasteiger charge is 2.29. The molecule has 3 aromatic carbocycles. The van der Waals surface area contributed by atoms with E-state index < -0.39 is 21.7 Å². The van der Waals surface area contributed by atoms with Crippen LogP contribution < -0.4 is 9.64 Å². The van der Waals surface area contributed by atoms with Gasteiger partial charge in [-0.2, -0.15) is 4.31 Å². The highest BCUT2D eigenvalue weighted by atomic mass is 32.2. The van der Waals surface area contributed by atoms with Crippen LogP contribution in [0.25, 0.3) is 0 Å². The second kappa shape index (κ2) is 10.5. The molecule has 0 spiro atoms. The fourth-order valence-electron chi connectivity index (χ4n) is 3.84. The molecule has 34 heavy (non-hydrogen) atoms.